The van der Waals surface area contributed by atoms with Crippen LogP contribution in [-0.4, -0.2) is 44.9 Å². The predicted octanol–water partition coefficient (Wildman–Crippen LogP) is 2.25. The van der Waals surface area contributed by atoms with Gasteiger partial charge in [-0.3, -0.25) is 0 Å². The van der Waals surface area contributed by atoms with Crippen LogP contribution in [0.25, 0.3) is 0 Å². The van der Waals surface area contributed by atoms with Crippen LogP contribution in [-0.2, 0) is 7.05 Å². The van der Waals surface area contributed by atoms with Crippen molar-refractivity contribution in [3.05, 3.63) is 6.07 Å². The second-order valence-corrected chi connectivity index (χ2v) is 20.9. The summed E-state index contributed by atoms with van der Waals surface area (Å²) in [7, 11) is 1.89. The van der Waals surface area contributed by atoms with Crippen molar-refractivity contribution in [1.29, 1.82) is 0 Å². The second-order valence-electron chi connectivity index (χ2n) is 6.55. The van der Waals surface area contributed by atoms with E-state index in [1.54, 1.807) is 0 Å². The zero-order valence-corrected chi connectivity index (χ0v) is 15.1. The van der Waals surface area contributed by atoms with Gasteiger partial charge in [-0.15, -0.1) is 0 Å². The van der Waals surface area contributed by atoms with E-state index in [9.17, 15) is 9.90 Å². The first kappa shape index (κ1) is 15.3. The van der Waals surface area contributed by atoms with Gasteiger partial charge >= 0.3 is 113 Å². The maximum absolute atomic E-state index is 11.4. The van der Waals surface area contributed by atoms with Crippen molar-refractivity contribution in [3.8, 4) is 0 Å². The van der Waals surface area contributed by atoms with Gasteiger partial charge in [0.05, 0.1) is 0 Å². The first-order chi connectivity index (χ1) is 7.94. The Bertz CT molecular complexity index is 455. The number of anilines is 1. The normalized spacial score (nSPS) is 12.6. The number of hydrogen-bond acceptors (Lipinski definition) is 2. The van der Waals surface area contributed by atoms with Gasteiger partial charge in [-0.2, -0.15) is 0 Å². The summed E-state index contributed by atoms with van der Waals surface area (Å²) < 4.78 is 3.06. The Balaban J connectivity index is 3.29. The molecule has 0 aliphatic heterocycles. The molecular formula is C12H23N3O2Sn. The SMILES string of the molecule is Cn1nc(N(C(=O)O)C(C)(C)C)c[c]1[Sn]([CH3])([CH3])[CH3]. The zero-order valence-electron chi connectivity index (χ0n) is 12.3. The minimum atomic E-state index is -2.26. The van der Waals surface area contributed by atoms with Crippen molar-refractivity contribution in [2.75, 3.05) is 4.90 Å². The third-order valence-corrected chi connectivity index (χ3v) is 8.45. The van der Waals surface area contributed by atoms with Crippen LogP contribution in [0.1, 0.15) is 20.8 Å². The van der Waals surface area contributed by atoms with Crippen LogP contribution in [0.3, 0.4) is 0 Å². The molecule has 5 nitrogen and oxygen atoms in total. The van der Waals surface area contributed by atoms with E-state index in [4.69, 9.17) is 0 Å². The number of aromatic nitrogens is 2. The number of carbonyl (C=O) groups is 1. The van der Waals surface area contributed by atoms with Gasteiger partial charge in [-0.1, -0.05) is 0 Å². The summed E-state index contributed by atoms with van der Waals surface area (Å²) in [5.41, 5.74) is -0.495. The summed E-state index contributed by atoms with van der Waals surface area (Å²) in [6, 6.07) is 1.94. The summed E-state index contributed by atoms with van der Waals surface area (Å²) in [5, 5.41) is 13.7. The van der Waals surface area contributed by atoms with Crippen LogP contribution in [0.15, 0.2) is 6.07 Å². The maximum atomic E-state index is 11.4. The van der Waals surface area contributed by atoms with Gasteiger partial charge < -0.3 is 0 Å². The Hall–Kier alpha value is -0.721. The van der Waals surface area contributed by atoms with Crippen LogP contribution >= 0.6 is 0 Å². The molecule has 6 heteroatoms. The van der Waals surface area contributed by atoms with Crippen LogP contribution < -0.4 is 8.61 Å². The first-order valence-corrected chi connectivity index (χ1v) is 16.0. The van der Waals surface area contributed by atoms with Gasteiger partial charge in [0, 0.05) is 0 Å². The Morgan fingerprint density at radius 3 is 2.17 bits per heavy atom. The van der Waals surface area contributed by atoms with Crippen LogP contribution in [0.2, 0.25) is 14.8 Å². The first-order valence-electron chi connectivity index (χ1n) is 6.02. The topological polar surface area (TPSA) is 58.4 Å². The van der Waals surface area contributed by atoms with Crippen molar-refractivity contribution in [2.45, 2.75) is 41.1 Å². The average Bonchev–Trinajstić information content (AvgIpc) is 2.42. The summed E-state index contributed by atoms with van der Waals surface area (Å²) in [6.07, 6.45) is -0.962. The number of amides is 1. The van der Waals surface area contributed by atoms with Gasteiger partial charge in [0.15, 0.2) is 0 Å². The summed E-state index contributed by atoms with van der Waals surface area (Å²) in [6.45, 7) is 5.61. The third-order valence-electron chi connectivity index (χ3n) is 2.73. The quantitative estimate of drug-likeness (QED) is 0.824. The molecule has 0 radical (unpaired) electrons. The van der Waals surface area contributed by atoms with Crippen molar-refractivity contribution in [1.82, 2.24) is 9.78 Å². The molecule has 0 fully saturated rings. The van der Waals surface area contributed by atoms with E-state index >= 15 is 0 Å². The van der Waals surface area contributed by atoms with Gasteiger partial charge in [0.25, 0.3) is 0 Å². The molecule has 0 saturated heterocycles. The van der Waals surface area contributed by atoms with Gasteiger partial charge in [-0.05, 0) is 0 Å². The molecular weight excluding hydrogens is 337 g/mol. The molecule has 18 heavy (non-hydrogen) atoms. The Kier molecular flexibility index (Phi) is 4.05. The average molecular weight is 360 g/mol. The second kappa shape index (κ2) is 4.75. The Morgan fingerprint density at radius 2 is 1.89 bits per heavy atom. The fourth-order valence-corrected chi connectivity index (χ4v) is 6.51. The molecule has 1 heterocycles. The molecule has 0 aliphatic rings. The van der Waals surface area contributed by atoms with E-state index in [1.165, 1.54) is 8.61 Å². The van der Waals surface area contributed by atoms with Gasteiger partial charge in [-0.25, -0.2) is 0 Å². The molecule has 1 rings (SSSR count). The van der Waals surface area contributed by atoms with Crippen molar-refractivity contribution >= 4 is 34.0 Å². The molecule has 1 N–H and O–H groups in total. The number of rotatable bonds is 2. The van der Waals surface area contributed by atoms with E-state index in [2.05, 4.69) is 19.9 Å². The van der Waals surface area contributed by atoms with Crippen molar-refractivity contribution in [2.24, 2.45) is 7.05 Å². The zero-order chi connectivity index (χ0) is 14.3. The molecule has 0 aromatic carbocycles. The third kappa shape index (κ3) is 3.18. The summed E-state index contributed by atoms with van der Waals surface area (Å²) >= 11 is -2.26. The van der Waals surface area contributed by atoms with E-state index in [0.29, 0.717) is 5.82 Å². The number of aryl methyl sites for hydroxylation is 1. The minimum absolute atomic E-state index is 0.495. The molecule has 102 valence electrons. The Morgan fingerprint density at radius 1 is 1.39 bits per heavy atom. The summed E-state index contributed by atoms with van der Waals surface area (Å²) in [5.74, 6) is 0.527. The number of carboxylic acid groups (broad SMARTS) is 1. The molecule has 0 saturated carbocycles. The monoisotopic (exact) mass is 361 g/mol. The van der Waals surface area contributed by atoms with Crippen molar-refractivity contribution < 1.29 is 9.90 Å². The van der Waals surface area contributed by atoms with E-state index in [0.717, 1.165) is 0 Å². The fraction of sp³-hybridized carbons (Fsp3) is 0.667. The van der Waals surface area contributed by atoms with Crippen LogP contribution in [0.4, 0.5) is 10.6 Å². The predicted molar refractivity (Wildman–Crippen MR) is 76.4 cm³/mol. The molecule has 0 unspecified atom stereocenters. The van der Waals surface area contributed by atoms with Crippen molar-refractivity contribution in [3.63, 3.8) is 0 Å². The Labute approximate surface area is 113 Å². The van der Waals surface area contributed by atoms with E-state index < -0.39 is 30.0 Å². The standard InChI is InChI=1S/C9H14N3O2.3CH3.Sn/c1-9(2,3)12(8(13)14)7-5-6-11(4)10-7;;;;/h5H,1-4H3,(H,13,14);3*1H3;. The molecule has 1 amide bonds. The molecule has 0 aliphatic carbocycles. The number of hydrogen-bond donors (Lipinski definition) is 1. The van der Waals surface area contributed by atoms with E-state index in [-0.39, 0.29) is 0 Å². The van der Waals surface area contributed by atoms with Crippen LogP contribution in [0, 0.1) is 0 Å². The molecule has 0 atom stereocenters. The fourth-order valence-electron chi connectivity index (χ4n) is 1.99. The van der Waals surface area contributed by atoms with Gasteiger partial charge in [0.1, 0.15) is 0 Å². The number of nitrogens with zero attached hydrogens (tertiary/aromatic N) is 3. The molecule has 0 bridgehead atoms. The molecule has 1 aromatic heterocycles. The van der Waals surface area contributed by atoms with Crippen LogP contribution in [0.5, 0.6) is 0 Å². The molecule has 0 spiro atoms. The van der Waals surface area contributed by atoms with E-state index in [1.807, 2.05) is 38.6 Å². The molecule has 1 aromatic rings. The summed E-state index contributed by atoms with van der Waals surface area (Å²) in [4.78, 5) is 19.6. The van der Waals surface area contributed by atoms with Gasteiger partial charge in [0.2, 0.25) is 0 Å².